The van der Waals surface area contributed by atoms with Gasteiger partial charge in [0.1, 0.15) is 5.82 Å². The van der Waals surface area contributed by atoms with E-state index >= 15 is 0 Å². The van der Waals surface area contributed by atoms with Gasteiger partial charge in [0.2, 0.25) is 0 Å². The molecule has 0 aliphatic heterocycles. The number of unbranched alkanes of at least 4 members (excludes halogenated alkanes) is 11. The maximum atomic E-state index is 5.01. The number of hydrogen-bond acceptors (Lipinski definition) is 1. The first-order valence-electron chi connectivity index (χ1n) is 13.4. The van der Waals surface area contributed by atoms with E-state index in [1.807, 2.05) is 0 Å². The van der Waals surface area contributed by atoms with Gasteiger partial charge >= 0.3 is 0 Å². The fraction of sp³-hybridized carbons (Fsp3) is 0.690. The summed E-state index contributed by atoms with van der Waals surface area (Å²) in [7, 11) is 0. The Bertz CT molecular complexity index is 659. The molecule has 0 amide bonds. The van der Waals surface area contributed by atoms with Crippen LogP contribution in [0.4, 0.5) is 0 Å². The van der Waals surface area contributed by atoms with Crippen molar-refractivity contribution < 1.29 is 0 Å². The van der Waals surface area contributed by atoms with Crippen molar-refractivity contribution in [2.24, 2.45) is 0 Å². The Kier molecular flexibility index (Phi) is 14.1. The highest BCUT2D eigenvalue weighted by atomic mass is 15.1. The van der Waals surface area contributed by atoms with Crippen molar-refractivity contribution in [1.29, 1.82) is 0 Å². The molecule has 0 aliphatic rings. The summed E-state index contributed by atoms with van der Waals surface area (Å²) >= 11 is 0. The molecule has 0 bridgehead atoms. The first-order valence-corrected chi connectivity index (χ1v) is 13.4. The van der Waals surface area contributed by atoms with E-state index in [1.54, 1.807) is 0 Å². The summed E-state index contributed by atoms with van der Waals surface area (Å²) in [6.07, 6.45) is 25.0. The molecule has 2 heteroatoms. The van der Waals surface area contributed by atoms with Crippen LogP contribution in [-0.4, -0.2) is 9.55 Å². The highest BCUT2D eigenvalue weighted by molar-refractivity contribution is 5.15. The van der Waals surface area contributed by atoms with Gasteiger partial charge in [-0.05, 0) is 37.7 Å². The first kappa shape index (κ1) is 25.7. The van der Waals surface area contributed by atoms with Crippen molar-refractivity contribution in [1.82, 2.24) is 9.55 Å². The molecule has 174 valence electrons. The van der Waals surface area contributed by atoms with Crippen LogP contribution in [0.2, 0.25) is 0 Å². The van der Waals surface area contributed by atoms with Crippen LogP contribution in [0.15, 0.2) is 36.5 Å². The lowest BCUT2D eigenvalue weighted by atomic mass is 10.0. The largest absolute Gasteiger partial charge is 0.335 e. The number of nitrogens with zero attached hydrogens (tertiary/aromatic N) is 2. The van der Waals surface area contributed by atoms with E-state index in [0.29, 0.717) is 0 Å². The lowest BCUT2D eigenvalue weighted by Gasteiger charge is -2.06. The highest BCUT2D eigenvalue weighted by Crippen LogP contribution is 2.15. The lowest BCUT2D eigenvalue weighted by Crippen LogP contribution is -2.02. The van der Waals surface area contributed by atoms with Crippen molar-refractivity contribution in [2.45, 2.75) is 130 Å². The third kappa shape index (κ3) is 11.6. The average Bonchev–Trinajstić information content (AvgIpc) is 3.17. The SMILES string of the molecule is CCCCCCCCCCCCCCc1nc(CCCc2ccccc2)cn1CCC. The van der Waals surface area contributed by atoms with E-state index in [1.165, 1.54) is 107 Å². The molecular weight excluding hydrogens is 376 g/mol. The molecule has 1 aromatic carbocycles. The van der Waals surface area contributed by atoms with Crippen molar-refractivity contribution in [3.8, 4) is 0 Å². The van der Waals surface area contributed by atoms with Gasteiger partial charge in [0.15, 0.2) is 0 Å². The minimum atomic E-state index is 1.09. The molecule has 0 atom stereocenters. The van der Waals surface area contributed by atoms with Gasteiger partial charge in [0.05, 0.1) is 5.69 Å². The third-order valence-electron chi connectivity index (χ3n) is 6.37. The topological polar surface area (TPSA) is 17.8 Å². The lowest BCUT2D eigenvalue weighted by molar-refractivity contribution is 0.538. The molecular formula is C29H48N2. The molecule has 31 heavy (non-hydrogen) atoms. The van der Waals surface area contributed by atoms with E-state index in [0.717, 1.165) is 25.8 Å². The average molecular weight is 425 g/mol. The smallest absolute Gasteiger partial charge is 0.108 e. The zero-order valence-corrected chi connectivity index (χ0v) is 20.6. The first-order chi connectivity index (χ1) is 15.3. The zero-order valence-electron chi connectivity index (χ0n) is 20.6. The van der Waals surface area contributed by atoms with Gasteiger partial charge in [-0.25, -0.2) is 4.98 Å². The summed E-state index contributed by atoms with van der Waals surface area (Å²) in [6, 6.07) is 10.8. The summed E-state index contributed by atoms with van der Waals surface area (Å²) in [6.45, 7) is 5.67. The quantitative estimate of drug-likeness (QED) is 0.206. The second-order valence-corrected chi connectivity index (χ2v) is 9.32. The maximum absolute atomic E-state index is 5.01. The van der Waals surface area contributed by atoms with Crippen LogP contribution in [0.25, 0.3) is 0 Å². The van der Waals surface area contributed by atoms with Gasteiger partial charge in [-0.15, -0.1) is 0 Å². The summed E-state index contributed by atoms with van der Waals surface area (Å²) in [5.74, 6) is 1.32. The molecule has 0 saturated heterocycles. The number of aromatic nitrogens is 2. The van der Waals surface area contributed by atoms with E-state index in [9.17, 15) is 0 Å². The van der Waals surface area contributed by atoms with Gasteiger partial charge in [-0.3, -0.25) is 0 Å². The Hall–Kier alpha value is -1.57. The van der Waals surface area contributed by atoms with Gasteiger partial charge < -0.3 is 4.57 Å². The second-order valence-electron chi connectivity index (χ2n) is 9.32. The van der Waals surface area contributed by atoms with Crippen LogP contribution in [0.3, 0.4) is 0 Å². The highest BCUT2D eigenvalue weighted by Gasteiger charge is 2.08. The fourth-order valence-electron chi connectivity index (χ4n) is 4.51. The van der Waals surface area contributed by atoms with E-state index in [-0.39, 0.29) is 0 Å². The number of benzene rings is 1. The molecule has 0 spiro atoms. The molecule has 0 fully saturated rings. The Labute approximate surface area is 192 Å². The third-order valence-corrected chi connectivity index (χ3v) is 6.37. The molecule has 0 radical (unpaired) electrons. The fourth-order valence-corrected chi connectivity index (χ4v) is 4.51. The van der Waals surface area contributed by atoms with Crippen LogP contribution in [0, 0.1) is 0 Å². The van der Waals surface area contributed by atoms with Gasteiger partial charge in [0.25, 0.3) is 0 Å². The van der Waals surface area contributed by atoms with Crippen LogP contribution in [-0.2, 0) is 25.8 Å². The molecule has 0 aliphatic carbocycles. The van der Waals surface area contributed by atoms with Crippen molar-refractivity contribution >= 4 is 0 Å². The molecule has 2 aromatic rings. The van der Waals surface area contributed by atoms with Crippen LogP contribution >= 0.6 is 0 Å². The van der Waals surface area contributed by atoms with Gasteiger partial charge in [-0.1, -0.05) is 115 Å². The number of imidazole rings is 1. The number of aryl methyl sites for hydroxylation is 4. The Balaban J connectivity index is 1.57. The van der Waals surface area contributed by atoms with E-state index < -0.39 is 0 Å². The molecule has 0 saturated carbocycles. The Morgan fingerprint density at radius 3 is 1.84 bits per heavy atom. The zero-order chi connectivity index (χ0) is 22.0. The second kappa shape index (κ2) is 17.0. The predicted octanol–water partition coefficient (Wildman–Crippen LogP) is 8.71. The minimum Gasteiger partial charge on any atom is -0.335 e. The maximum Gasteiger partial charge on any atom is 0.108 e. The molecule has 1 aromatic heterocycles. The Morgan fingerprint density at radius 2 is 1.23 bits per heavy atom. The summed E-state index contributed by atoms with van der Waals surface area (Å²) < 4.78 is 2.43. The molecule has 0 unspecified atom stereocenters. The predicted molar refractivity (Wildman–Crippen MR) is 136 cm³/mol. The van der Waals surface area contributed by atoms with E-state index in [2.05, 4.69) is 54.9 Å². The summed E-state index contributed by atoms with van der Waals surface area (Å²) in [5, 5.41) is 0. The Morgan fingerprint density at radius 1 is 0.613 bits per heavy atom. The minimum absolute atomic E-state index is 1.09. The standard InChI is InChI=1S/C29H48N2/c1-3-5-6-7-8-9-10-11-12-13-14-18-24-29-30-28(26-31(29)25-4-2)23-19-22-27-20-16-15-17-21-27/h15-17,20-21,26H,3-14,18-19,22-25H2,1-2H3. The number of hydrogen-bond donors (Lipinski definition) is 0. The van der Waals surface area contributed by atoms with Gasteiger partial charge in [0, 0.05) is 19.2 Å². The normalized spacial score (nSPS) is 11.3. The van der Waals surface area contributed by atoms with Crippen molar-refractivity contribution in [3.05, 3.63) is 53.6 Å². The molecule has 1 heterocycles. The summed E-state index contributed by atoms with van der Waals surface area (Å²) in [4.78, 5) is 5.01. The molecule has 2 rings (SSSR count). The van der Waals surface area contributed by atoms with Gasteiger partial charge in [-0.2, -0.15) is 0 Å². The van der Waals surface area contributed by atoms with Crippen LogP contribution < -0.4 is 0 Å². The molecule has 2 nitrogen and oxygen atoms in total. The van der Waals surface area contributed by atoms with Crippen LogP contribution in [0.1, 0.15) is 121 Å². The number of rotatable bonds is 19. The van der Waals surface area contributed by atoms with Crippen LogP contribution in [0.5, 0.6) is 0 Å². The molecule has 0 N–H and O–H groups in total. The van der Waals surface area contributed by atoms with E-state index in [4.69, 9.17) is 4.98 Å². The van der Waals surface area contributed by atoms with Crippen molar-refractivity contribution in [3.63, 3.8) is 0 Å². The summed E-state index contributed by atoms with van der Waals surface area (Å²) in [5.41, 5.74) is 2.73. The van der Waals surface area contributed by atoms with Crippen molar-refractivity contribution in [2.75, 3.05) is 0 Å². The monoisotopic (exact) mass is 424 g/mol.